The van der Waals surface area contributed by atoms with Gasteiger partial charge in [-0.2, -0.15) is 0 Å². The number of nitrogens with two attached hydrogens (primary N) is 2. The quantitative estimate of drug-likeness (QED) is 0.691. The fraction of sp³-hybridized carbons (Fsp3) is 0.417. The minimum absolute atomic E-state index is 0.0945. The molecule has 7 nitrogen and oxygen atoms in total. The average molecular weight is 268 g/mol. The molecule has 0 saturated heterocycles. The van der Waals surface area contributed by atoms with Gasteiger partial charge in [0.15, 0.2) is 11.5 Å². The maximum atomic E-state index is 11.0. The molecular weight excluding hydrogens is 252 g/mol. The lowest BCUT2D eigenvalue weighted by Gasteiger charge is -2.30. The maximum absolute atomic E-state index is 11.0. The van der Waals surface area contributed by atoms with Gasteiger partial charge in [-0.3, -0.25) is 4.79 Å². The number of fused-ring (bicyclic) bond motifs is 1. The first-order chi connectivity index (χ1) is 8.95. The Bertz CT molecular complexity index is 517. The Labute approximate surface area is 110 Å². The number of hydrogen-bond donors (Lipinski definition) is 3. The van der Waals surface area contributed by atoms with E-state index >= 15 is 0 Å². The van der Waals surface area contributed by atoms with Gasteiger partial charge in [-0.1, -0.05) is 0 Å². The van der Waals surface area contributed by atoms with Gasteiger partial charge in [-0.05, 0) is 6.92 Å². The van der Waals surface area contributed by atoms with Crippen molar-refractivity contribution in [3.05, 3.63) is 6.07 Å². The Morgan fingerprint density at radius 1 is 1.53 bits per heavy atom. The van der Waals surface area contributed by atoms with Gasteiger partial charge in [0.25, 0.3) is 0 Å². The van der Waals surface area contributed by atoms with Crippen molar-refractivity contribution in [3.8, 4) is 17.2 Å². The largest absolute Gasteiger partial charge is 0.494 e. The summed E-state index contributed by atoms with van der Waals surface area (Å²) in [6.45, 7) is 1.64. The fourth-order valence-corrected chi connectivity index (χ4v) is 1.84. The number of nitrogen functional groups attached to an aromatic ring is 2. The predicted molar refractivity (Wildman–Crippen MR) is 68.5 cm³/mol. The molecule has 7 heteroatoms. The second-order valence-corrected chi connectivity index (χ2v) is 4.33. The van der Waals surface area contributed by atoms with Crippen LogP contribution >= 0.6 is 0 Å². The molecule has 5 N–H and O–H groups in total. The molecule has 0 saturated carbocycles. The Morgan fingerprint density at radius 2 is 2.21 bits per heavy atom. The molecule has 104 valence electrons. The first-order valence-corrected chi connectivity index (χ1v) is 5.74. The fourth-order valence-electron chi connectivity index (χ4n) is 1.84. The summed E-state index contributed by atoms with van der Waals surface area (Å²) >= 11 is 0. The minimum Gasteiger partial charge on any atom is -0.494 e. The highest BCUT2D eigenvalue weighted by Crippen LogP contribution is 2.47. The third-order valence-corrected chi connectivity index (χ3v) is 3.09. The van der Waals surface area contributed by atoms with E-state index in [2.05, 4.69) is 0 Å². The van der Waals surface area contributed by atoms with Gasteiger partial charge < -0.3 is 30.8 Å². The normalized spacial score (nSPS) is 18.7. The summed E-state index contributed by atoms with van der Waals surface area (Å²) in [6.07, 6.45) is -0.611. The molecule has 2 rings (SSSR count). The van der Waals surface area contributed by atoms with E-state index in [4.69, 9.17) is 30.8 Å². The van der Waals surface area contributed by atoms with Crippen LogP contribution in [0.2, 0.25) is 0 Å². The molecule has 1 aromatic rings. The van der Waals surface area contributed by atoms with Crippen LogP contribution in [-0.4, -0.2) is 30.9 Å². The monoisotopic (exact) mass is 268 g/mol. The number of benzene rings is 1. The van der Waals surface area contributed by atoms with Crippen molar-refractivity contribution >= 4 is 17.3 Å². The molecule has 2 atom stereocenters. The van der Waals surface area contributed by atoms with E-state index < -0.39 is 18.0 Å². The Hall–Kier alpha value is -2.31. The Morgan fingerprint density at radius 3 is 2.79 bits per heavy atom. The predicted octanol–water partition coefficient (Wildman–Crippen LogP) is 0.720. The van der Waals surface area contributed by atoms with Crippen LogP contribution in [-0.2, 0) is 4.79 Å². The number of hydrogen-bond acceptors (Lipinski definition) is 6. The van der Waals surface area contributed by atoms with Gasteiger partial charge in [-0.15, -0.1) is 0 Å². The molecule has 0 radical (unpaired) electrons. The van der Waals surface area contributed by atoms with Gasteiger partial charge >= 0.3 is 5.97 Å². The first-order valence-electron chi connectivity index (χ1n) is 5.74. The molecule has 0 fully saturated rings. The zero-order valence-corrected chi connectivity index (χ0v) is 10.7. The molecule has 0 aromatic heterocycles. The Balaban J connectivity index is 2.36. The van der Waals surface area contributed by atoms with Crippen LogP contribution in [0, 0.1) is 5.92 Å². The zero-order chi connectivity index (χ0) is 14.2. The van der Waals surface area contributed by atoms with Crippen molar-refractivity contribution in [3.63, 3.8) is 0 Å². The molecule has 1 aliphatic rings. The third kappa shape index (κ3) is 2.18. The van der Waals surface area contributed by atoms with Crippen LogP contribution in [0.3, 0.4) is 0 Å². The van der Waals surface area contributed by atoms with Crippen molar-refractivity contribution < 1.29 is 24.1 Å². The van der Waals surface area contributed by atoms with Gasteiger partial charge in [0, 0.05) is 6.07 Å². The summed E-state index contributed by atoms with van der Waals surface area (Å²) < 4.78 is 16.2. The molecule has 0 amide bonds. The number of rotatable bonds is 3. The molecular formula is C12H16N2O5. The minimum atomic E-state index is -0.961. The third-order valence-electron chi connectivity index (χ3n) is 3.09. The first kappa shape index (κ1) is 13.1. The lowest BCUT2D eigenvalue weighted by atomic mass is 10.0. The number of carboxylic acid groups (broad SMARTS) is 1. The van der Waals surface area contributed by atoms with Crippen molar-refractivity contribution in [1.29, 1.82) is 0 Å². The summed E-state index contributed by atoms with van der Waals surface area (Å²) in [5, 5.41) is 8.98. The summed E-state index contributed by atoms with van der Waals surface area (Å²) in [7, 11) is 1.47. The number of aliphatic carboxylic acids is 1. The van der Waals surface area contributed by atoms with E-state index in [1.165, 1.54) is 13.2 Å². The molecule has 0 bridgehead atoms. The van der Waals surface area contributed by atoms with Crippen LogP contribution in [0.4, 0.5) is 11.4 Å². The lowest BCUT2D eigenvalue weighted by molar-refractivity contribution is -0.145. The smallest absolute Gasteiger partial charge is 0.310 e. The standard InChI is InChI=1S/C12H16N2O5/c1-5(12(15)16)8-4-18-11-9(14)7(17-2)3-6(13)10(11)19-8/h3,5,8H,4,13-14H2,1-2H3,(H,15,16). The van der Waals surface area contributed by atoms with Gasteiger partial charge in [0.1, 0.15) is 24.1 Å². The lowest BCUT2D eigenvalue weighted by Crippen LogP contribution is -2.39. The number of anilines is 2. The highest BCUT2D eigenvalue weighted by Gasteiger charge is 2.33. The molecule has 1 aromatic carbocycles. The Kier molecular flexibility index (Phi) is 3.28. The van der Waals surface area contributed by atoms with Gasteiger partial charge in [0.2, 0.25) is 0 Å². The highest BCUT2D eigenvalue weighted by atomic mass is 16.6. The number of carbonyl (C=O) groups is 1. The number of ether oxygens (including phenoxy) is 3. The van der Waals surface area contributed by atoms with Crippen molar-refractivity contribution in [2.24, 2.45) is 5.92 Å². The molecule has 1 aliphatic heterocycles. The van der Waals surface area contributed by atoms with Crippen molar-refractivity contribution in [2.45, 2.75) is 13.0 Å². The molecule has 19 heavy (non-hydrogen) atoms. The molecule has 1 heterocycles. The van der Waals surface area contributed by atoms with Crippen LogP contribution in [0.1, 0.15) is 6.92 Å². The van der Waals surface area contributed by atoms with E-state index in [0.29, 0.717) is 17.2 Å². The van der Waals surface area contributed by atoms with E-state index in [1.54, 1.807) is 6.92 Å². The highest BCUT2D eigenvalue weighted by molar-refractivity contribution is 5.78. The van der Waals surface area contributed by atoms with E-state index in [-0.39, 0.29) is 18.0 Å². The van der Waals surface area contributed by atoms with Gasteiger partial charge in [0.05, 0.1) is 18.7 Å². The average Bonchev–Trinajstić information content (AvgIpc) is 2.41. The number of methoxy groups -OCH3 is 1. The SMILES string of the molecule is COc1cc(N)c2c(c1N)OCC(C(C)C(=O)O)O2. The maximum Gasteiger partial charge on any atom is 0.310 e. The molecule has 2 unspecified atom stereocenters. The summed E-state index contributed by atoms with van der Waals surface area (Å²) in [5.41, 5.74) is 12.3. The van der Waals surface area contributed by atoms with E-state index in [0.717, 1.165) is 0 Å². The van der Waals surface area contributed by atoms with E-state index in [1.807, 2.05) is 0 Å². The number of carboxylic acids is 1. The van der Waals surface area contributed by atoms with Crippen molar-refractivity contribution in [2.75, 3.05) is 25.2 Å². The zero-order valence-electron chi connectivity index (χ0n) is 10.7. The molecule has 0 spiro atoms. The molecule has 0 aliphatic carbocycles. The van der Waals surface area contributed by atoms with Crippen LogP contribution in [0.5, 0.6) is 17.2 Å². The van der Waals surface area contributed by atoms with Crippen molar-refractivity contribution in [1.82, 2.24) is 0 Å². The summed E-state index contributed by atoms with van der Waals surface area (Å²) in [4.78, 5) is 11.0. The van der Waals surface area contributed by atoms with Crippen LogP contribution in [0.25, 0.3) is 0 Å². The van der Waals surface area contributed by atoms with E-state index in [9.17, 15) is 4.79 Å². The summed E-state index contributed by atoms with van der Waals surface area (Å²) in [5.74, 6) is -0.717. The second-order valence-electron chi connectivity index (χ2n) is 4.33. The topological polar surface area (TPSA) is 117 Å². The van der Waals surface area contributed by atoms with Crippen LogP contribution in [0.15, 0.2) is 6.07 Å². The second kappa shape index (κ2) is 4.75. The van der Waals surface area contributed by atoms with Crippen LogP contribution < -0.4 is 25.7 Å². The van der Waals surface area contributed by atoms with Gasteiger partial charge in [-0.25, -0.2) is 0 Å². The summed E-state index contributed by atoms with van der Waals surface area (Å²) in [6, 6.07) is 1.52.